The van der Waals surface area contributed by atoms with Crippen molar-refractivity contribution in [1.29, 1.82) is 0 Å². The average Bonchev–Trinajstić information content (AvgIpc) is 3.08. The molecule has 0 spiro atoms. The Bertz CT molecular complexity index is 816. The Hall–Kier alpha value is -2.69. The van der Waals surface area contributed by atoms with Crippen LogP contribution in [-0.2, 0) is 0 Å². The van der Waals surface area contributed by atoms with Crippen LogP contribution >= 0.6 is 0 Å². The van der Waals surface area contributed by atoms with Gasteiger partial charge < -0.3 is 9.72 Å². The number of aromatic amines is 1. The first-order chi connectivity index (χ1) is 10.9. The van der Waals surface area contributed by atoms with Crippen molar-refractivity contribution in [2.45, 2.75) is 11.8 Å². The molecule has 1 saturated carbocycles. The molecule has 5 rings (SSSR count). The molecule has 0 radical (unpaired) electrons. The Balaban J connectivity index is 1.56. The average molecular weight is 290 g/mol. The van der Waals surface area contributed by atoms with Gasteiger partial charge >= 0.3 is 0 Å². The summed E-state index contributed by atoms with van der Waals surface area (Å²) < 4.78 is 5.93. The fourth-order valence-electron chi connectivity index (χ4n) is 3.62. The summed E-state index contributed by atoms with van der Waals surface area (Å²) in [6, 6.07) is 6.36. The molecule has 2 aromatic heterocycles. The Morgan fingerprint density at radius 1 is 1.09 bits per heavy atom. The second-order valence-corrected chi connectivity index (χ2v) is 5.90. The molecular formula is C17H14N4O. The van der Waals surface area contributed by atoms with Gasteiger partial charge in [-0.2, -0.15) is 0 Å². The van der Waals surface area contributed by atoms with E-state index >= 15 is 0 Å². The highest BCUT2D eigenvalue weighted by molar-refractivity contribution is 5.65. The molecule has 1 aromatic carbocycles. The smallest absolute Gasteiger partial charge is 0.122 e. The van der Waals surface area contributed by atoms with E-state index < -0.39 is 0 Å². The van der Waals surface area contributed by atoms with Gasteiger partial charge in [-0.25, -0.2) is 15.0 Å². The van der Waals surface area contributed by atoms with E-state index in [-0.39, 0.29) is 0 Å². The highest BCUT2D eigenvalue weighted by Crippen LogP contribution is 2.64. The zero-order valence-corrected chi connectivity index (χ0v) is 11.8. The minimum atomic E-state index is 0.467. The maximum absolute atomic E-state index is 5.93. The Morgan fingerprint density at radius 3 is 2.82 bits per heavy atom. The number of nitrogens with one attached hydrogen (secondary N) is 1. The minimum absolute atomic E-state index is 0.467. The van der Waals surface area contributed by atoms with Crippen molar-refractivity contribution in [2.24, 2.45) is 5.92 Å². The number of rotatable bonds is 2. The standard InChI is InChI=1S/C17H14N4O/c1-2-15-12(3-10(1)11-4-18-8-19-5-11)16-13(7-22-15)17(16)14-6-20-9-21-14/h1-6,8-9,13,16-17H,7H2,(H,20,21)/t13-,16+,17?/m0/s1. The predicted octanol–water partition coefficient (Wildman–Crippen LogP) is 2.76. The highest BCUT2D eigenvalue weighted by Gasteiger charge is 2.56. The summed E-state index contributed by atoms with van der Waals surface area (Å²) in [5, 5.41) is 0. The van der Waals surface area contributed by atoms with Gasteiger partial charge in [0, 0.05) is 41.9 Å². The van der Waals surface area contributed by atoms with Crippen molar-refractivity contribution >= 4 is 0 Å². The first-order valence-corrected chi connectivity index (χ1v) is 7.42. The van der Waals surface area contributed by atoms with Gasteiger partial charge in [-0.3, -0.25) is 0 Å². The molecule has 0 amide bonds. The summed E-state index contributed by atoms with van der Waals surface area (Å²) in [7, 11) is 0. The van der Waals surface area contributed by atoms with Crippen molar-refractivity contribution in [2.75, 3.05) is 6.61 Å². The molecule has 1 aliphatic heterocycles. The summed E-state index contributed by atoms with van der Waals surface area (Å²) in [6.45, 7) is 0.781. The van der Waals surface area contributed by atoms with Crippen LogP contribution in [0.15, 0.2) is 49.4 Å². The van der Waals surface area contributed by atoms with Gasteiger partial charge in [0.25, 0.3) is 0 Å². The topological polar surface area (TPSA) is 63.7 Å². The lowest BCUT2D eigenvalue weighted by atomic mass is 9.99. The van der Waals surface area contributed by atoms with Crippen LogP contribution in [0.25, 0.3) is 11.1 Å². The first-order valence-electron chi connectivity index (χ1n) is 7.42. The van der Waals surface area contributed by atoms with Gasteiger partial charge in [-0.05, 0) is 23.3 Å². The van der Waals surface area contributed by atoms with Gasteiger partial charge in [-0.15, -0.1) is 0 Å². The molecule has 3 heterocycles. The molecule has 1 fully saturated rings. The number of ether oxygens (including phenoxy) is 1. The molecule has 0 saturated heterocycles. The van der Waals surface area contributed by atoms with E-state index in [9.17, 15) is 0 Å². The third-order valence-electron chi connectivity index (χ3n) is 4.72. The number of H-pyrrole nitrogens is 1. The van der Waals surface area contributed by atoms with Crippen LogP contribution in [0, 0.1) is 5.92 Å². The van der Waals surface area contributed by atoms with E-state index in [0.29, 0.717) is 17.8 Å². The molecule has 0 bridgehead atoms. The van der Waals surface area contributed by atoms with Gasteiger partial charge in [0.2, 0.25) is 0 Å². The van der Waals surface area contributed by atoms with Gasteiger partial charge in [0.1, 0.15) is 12.1 Å². The van der Waals surface area contributed by atoms with Crippen molar-refractivity contribution in [3.05, 3.63) is 60.7 Å². The van der Waals surface area contributed by atoms with Gasteiger partial charge in [-0.1, -0.05) is 6.07 Å². The summed E-state index contributed by atoms with van der Waals surface area (Å²) in [5.41, 5.74) is 4.59. The van der Waals surface area contributed by atoms with Crippen LogP contribution in [0.2, 0.25) is 0 Å². The molecule has 108 valence electrons. The van der Waals surface area contributed by atoms with Gasteiger partial charge in [0.15, 0.2) is 0 Å². The number of nitrogens with zero attached hydrogens (tertiary/aromatic N) is 3. The fraction of sp³-hybridized carbons (Fsp3) is 0.235. The first kappa shape index (κ1) is 11.9. The zero-order valence-electron chi connectivity index (χ0n) is 11.8. The highest BCUT2D eigenvalue weighted by atomic mass is 16.5. The Labute approximate surface area is 127 Å². The molecule has 5 nitrogen and oxygen atoms in total. The molecule has 3 atom stereocenters. The SMILES string of the molecule is c1ncc(-c2ccc3c(c2)[C@H]2C(c4c[nH]cn4)[C@H]2CO3)cn1. The number of imidazole rings is 1. The summed E-state index contributed by atoms with van der Waals surface area (Å²) in [5.74, 6) is 2.52. The number of fused-ring (bicyclic) bond motifs is 3. The van der Waals surface area contributed by atoms with E-state index in [1.54, 1.807) is 12.7 Å². The number of hydrogen-bond acceptors (Lipinski definition) is 4. The lowest BCUT2D eigenvalue weighted by Gasteiger charge is -2.17. The fourth-order valence-corrected chi connectivity index (χ4v) is 3.62. The van der Waals surface area contributed by atoms with E-state index in [2.05, 4.69) is 38.1 Å². The summed E-state index contributed by atoms with van der Waals surface area (Å²) in [6.07, 6.45) is 8.98. The maximum Gasteiger partial charge on any atom is 0.122 e. The largest absolute Gasteiger partial charge is 0.493 e. The van der Waals surface area contributed by atoms with Crippen molar-refractivity contribution < 1.29 is 4.74 Å². The lowest BCUT2D eigenvalue weighted by Crippen LogP contribution is -2.08. The second-order valence-electron chi connectivity index (χ2n) is 5.90. The molecule has 22 heavy (non-hydrogen) atoms. The molecular weight excluding hydrogens is 276 g/mol. The molecule has 1 unspecified atom stereocenters. The zero-order chi connectivity index (χ0) is 14.5. The lowest BCUT2D eigenvalue weighted by molar-refractivity contribution is 0.277. The van der Waals surface area contributed by atoms with E-state index in [1.807, 2.05) is 18.6 Å². The van der Waals surface area contributed by atoms with Crippen LogP contribution in [0.1, 0.15) is 23.1 Å². The normalized spacial score (nSPS) is 25.0. The number of aromatic nitrogens is 4. The van der Waals surface area contributed by atoms with Crippen LogP contribution in [0.3, 0.4) is 0 Å². The van der Waals surface area contributed by atoms with Crippen molar-refractivity contribution in [1.82, 2.24) is 19.9 Å². The molecule has 5 heteroatoms. The van der Waals surface area contributed by atoms with Crippen LogP contribution in [0.5, 0.6) is 5.75 Å². The van der Waals surface area contributed by atoms with Crippen LogP contribution in [0.4, 0.5) is 0 Å². The van der Waals surface area contributed by atoms with E-state index in [0.717, 1.165) is 29.2 Å². The number of hydrogen-bond donors (Lipinski definition) is 1. The summed E-state index contributed by atoms with van der Waals surface area (Å²) >= 11 is 0. The molecule has 2 aliphatic rings. The Kier molecular flexibility index (Phi) is 2.38. The molecule has 3 aromatic rings. The maximum atomic E-state index is 5.93. The van der Waals surface area contributed by atoms with Gasteiger partial charge in [0.05, 0.1) is 18.6 Å². The number of benzene rings is 1. The quantitative estimate of drug-likeness (QED) is 0.788. The minimum Gasteiger partial charge on any atom is -0.493 e. The Morgan fingerprint density at radius 2 is 2.00 bits per heavy atom. The van der Waals surface area contributed by atoms with Crippen molar-refractivity contribution in [3.8, 4) is 16.9 Å². The van der Waals surface area contributed by atoms with Crippen LogP contribution in [-0.4, -0.2) is 26.5 Å². The predicted molar refractivity (Wildman–Crippen MR) is 80.5 cm³/mol. The monoisotopic (exact) mass is 290 g/mol. The van der Waals surface area contributed by atoms with Crippen molar-refractivity contribution in [3.63, 3.8) is 0 Å². The second kappa shape index (κ2) is 4.40. The third-order valence-corrected chi connectivity index (χ3v) is 4.72. The molecule has 1 aliphatic carbocycles. The molecule has 1 N–H and O–H groups in total. The summed E-state index contributed by atoms with van der Waals surface area (Å²) in [4.78, 5) is 15.7. The van der Waals surface area contributed by atoms with Crippen LogP contribution < -0.4 is 4.74 Å². The third kappa shape index (κ3) is 1.68. The van der Waals surface area contributed by atoms with E-state index in [1.165, 1.54) is 5.56 Å². The van der Waals surface area contributed by atoms with E-state index in [4.69, 9.17) is 4.74 Å².